The van der Waals surface area contributed by atoms with Crippen molar-refractivity contribution in [1.29, 1.82) is 0 Å². The molecule has 112 valence electrons. The molecule has 3 rings (SSSR count). The molecule has 3 aliphatic rings. The predicted octanol–water partition coefficient (Wildman–Crippen LogP) is 3.10. The van der Waals surface area contributed by atoms with Crippen LogP contribution in [0, 0.1) is 11.3 Å². The number of esters is 1. The van der Waals surface area contributed by atoms with Gasteiger partial charge in [0.15, 0.2) is 0 Å². The predicted molar refractivity (Wildman–Crippen MR) is 77.7 cm³/mol. The number of carbonyl (C=O) groups excluding carboxylic acids is 1. The van der Waals surface area contributed by atoms with Gasteiger partial charge in [-0.15, -0.1) is 0 Å². The number of aliphatic hydroxyl groups excluding tert-OH is 1. The van der Waals surface area contributed by atoms with Crippen LogP contribution in [0.2, 0.25) is 0 Å². The van der Waals surface area contributed by atoms with Crippen LogP contribution < -0.4 is 0 Å². The number of hydrogen-bond donors (Lipinski definition) is 1. The van der Waals surface area contributed by atoms with Crippen LogP contribution in [0.15, 0.2) is 11.3 Å². The largest absolute Gasteiger partial charge is 0.502 e. The average Bonchev–Trinajstić information content (AvgIpc) is 2.89. The number of cyclic esters (lactones) is 1. The molecule has 2 fully saturated rings. The molecule has 0 amide bonds. The van der Waals surface area contributed by atoms with Crippen molar-refractivity contribution in [2.24, 2.45) is 11.3 Å². The highest BCUT2D eigenvalue weighted by atomic mass is 79.9. The molecule has 4 atom stereocenters. The van der Waals surface area contributed by atoms with E-state index in [0.717, 1.165) is 19.3 Å². The Kier molecular flexibility index (Phi) is 3.22. The summed E-state index contributed by atoms with van der Waals surface area (Å²) in [5.74, 6) is -0.471. The molecule has 0 aromatic carbocycles. The summed E-state index contributed by atoms with van der Waals surface area (Å²) in [5.41, 5.74) is 0.561. The standard InChI is InChI=1S/C15H21BrO4/c1-14(2)10-6-9(8-7-19-13(18)12(8)17)20-15(10,3)5-4-11(14)16/h9-11,17H,4-7H2,1-3H3/t9-,10?,11+,15+/m1/s1. The number of carbonyl (C=O) groups is 1. The second-order valence-corrected chi connectivity index (χ2v) is 8.09. The summed E-state index contributed by atoms with van der Waals surface area (Å²) in [4.78, 5) is 11.8. The zero-order valence-electron chi connectivity index (χ0n) is 12.1. The highest BCUT2D eigenvalue weighted by Gasteiger charge is 2.57. The SMILES string of the molecule is CC1(C)C2C[C@H](C3=C(O)C(=O)OC3)O[C@@]2(C)CC[C@@H]1Br. The lowest BCUT2D eigenvalue weighted by Gasteiger charge is -2.48. The van der Waals surface area contributed by atoms with Crippen LogP contribution in [0.25, 0.3) is 0 Å². The minimum atomic E-state index is -0.624. The lowest BCUT2D eigenvalue weighted by Crippen LogP contribution is -2.49. The molecule has 0 bridgehead atoms. The van der Waals surface area contributed by atoms with Crippen molar-refractivity contribution in [3.63, 3.8) is 0 Å². The number of fused-ring (bicyclic) bond motifs is 1. The lowest BCUT2D eigenvalue weighted by atomic mass is 9.61. The first-order chi connectivity index (χ1) is 9.25. The van der Waals surface area contributed by atoms with Gasteiger partial charge >= 0.3 is 5.97 Å². The van der Waals surface area contributed by atoms with Gasteiger partial charge in [0.05, 0.1) is 11.7 Å². The van der Waals surface area contributed by atoms with Crippen molar-refractivity contribution < 1.29 is 19.4 Å². The number of halogens is 1. The van der Waals surface area contributed by atoms with Gasteiger partial charge in [0.1, 0.15) is 6.61 Å². The van der Waals surface area contributed by atoms with Crippen molar-refractivity contribution in [1.82, 2.24) is 0 Å². The molecular weight excluding hydrogens is 324 g/mol. The van der Waals surface area contributed by atoms with Crippen LogP contribution in [0.1, 0.15) is 40.0 Å². The molecule has 1 N–H and O–H groups in total. The third-order valence-electron chi connectivity index (χ3n) is 5.44. The van der Waals surface area contributed by atoms with Gasteiger partial charge in [-0.1, -0.05) is 29.8 Å². The molecular formula is C15H21BrO4. The van der Waals surface area contributed by atoms with Crippen LogP contribution >= 0.6 is 15.9 Å². The summed E-state index contributed by atoms with van der Waals surface area (Å²) in [6, 6.07) is 0. The molecule has 2 heterocycles. The second kappa shape index (κ2) is 4.47. The van der Waals surface area contributed by atoms with E-state index in [1.54, 1.807) is 0 Å². The Bertz CT molecular complexity index is 484. The first-order valence-electron chi connectivity index (χ1n) is 7.17. The molecule has 1 aliphatic carbocycles. The molecule has 1 unspecified atom stereocenters. The Balaban J connectivity index is 1.89. The number of rotatable bonds is 1. The molecule has 0 aromatic heterocycles. The van der Waals surface area contributed by atoms with Gasteiger partial charge in [-0.3, -0.25) is 0 Å². The fourth-order valence-electron chi connectivity index (χ4n) is 4.12. The van der Waals surface area contributed by atoms with Crippen molar-refractivity contribution in [3.05, 3.63) is 11.3 Å². The molecule has 5 heteroatoms. The summed E-state index contributed by atoms with van der Waals surface area (Å²) in [5, 5.41) is 9.83. The fraction of sp³-hybridized carbons (Fsp3) is 0.800. The average molecular weight is 345 g/mol. The van der Waals surface area contributed by atoms with E-state index < -0.39 is 5.97 Å². The van der Waals surface area contributed by atoms with Crippen LogP contribution in [-0.2, 0) is 14.3 Å². The van der Waals surface area contributed by atoms with E-state index in [2.05, 4.69) is 36.7 Å². The van der Waals surface area contributed by atoms with Crippen LogP contribution in [0.4, 0.5) is 0 Å². The molecule has 0 radical (unpaired) electrons. The monoisotopic (exact) mass is 344 g/mol. The molecule has 0 spiro atoms. The van der Waals surface area contributed by atoms with Crippen LogP contribution in [-0.4, -0.2) is 34.2 Å². The Morgan fingerprint density at radius 1 is 1.35 bits per heavy atom. The van der Waals surface area contributed by atoms with Crippen molar-refractivity contribution in [2.45, 2.75) is 56.6 Å². The Hall–Kier alpha value is -0.550. The van der Waals surface area contributed by atoms with E-state index in [0.29, 0.717) is 16.3 Å². The highest BCUT2D eigenvalue weighted by Crippen LogP contribution is 2.57. The van der Waals surface area contributed by atoms with Gasteiger partial charge in [-0.05, 0) is 37.5 Å². The van der Waals surface area contributed by atoms with Crippen molar-refractivity contribution in [3.8, 4) is 0 Å². The molecule has 1 saturated heterocycles. The zero-order chi connectivity index (χ0) is 14.7. The van der Waals surface area contributed by atoms with Gasteiger partial charge in [0.2, 0.25) is 5.76 Å². The van der Waals surface area contributed by atoms with E-state index >= 15 is 0 Å². The van der Waals surface area contributed by atoms with Crippen molar-refractivity contribution >= 4 is 21.9 Å². The Morgan fingerprint density at radius 3 is 2.65 bits per heavy atom. The first kappa shape index (κ1) is 14.4. The minimum Gasteiger partial charge on any atom is -0.502 e. The van der Waals surface area contributed by atoms with E-state index in [-0.39, 0.29) is 29.5 Å². The van der Waals surface area contributed by atoms with E-state index in [1.165, 1.54) is 0 Å². The summed E-state index contributed by atoms with van der Waals surface area (Å²) in [6.45, 7) is 6.86. The lowest BCUT2D eigenvalue weighted by molar-refractivity contribution is -0.138. The van der Waals surface area contributed by atoms with Crippen molar-refractivity contribution in [2.75, 3.05) is 6.61 Å². The smallest absolute Gasteiger partial charge is 0.373 e. The van der Waals surface area contributed by atoms with Gasteiger partial charge in [-0.2, -0.15) is 0 Å². The molecule has 4 nitrogen and oxygen atoms in total. The topological polar surface area (TPSA) is 55.8 Å². The summed E-state index contributed by atoms with van der Waals surface area (Å²) < 4.78 is 11.2. The maximum absolute atomic E-state index is 11.3. The Morgan fingerprint density at radius 2 is 2.05 bits per heavy atom. The number of alkyl halides is 1. The quantitative estimate of drug-likeness (QED) is 0.586. The highest BCUT2D eigenvalue weighted by molar-refractivity contribution is 9.09. The van der Waals surface area contributed by atoms with E-state index in [1.807, 2.05) is 0 Å². The summed E-state index contributed by atoms with van der Waals surface area (Å²) >= 11 is 3.80. The summed E-state index contributed by atoms with van der Waals surface area (Å²) in [6.07, 6.45) is 2.71. The maximum atomic E-state index is 11.3. The second-order valence-electron chi connectivity index (χ2n) is 6.99. The maximum Gasteiger partial charge on any atom is 0.373 e. The van der Waals surface area contributed by atoms with Gasteiger partial charge in [0, 0.05) is 10.4 Å². The van der Waals surface area contributed by atoms with E-state index in [9.17, 15) is 9.90 Å². The number of hydrogen-bond acceptors (Lipinski definition) is 4. The Labute approximate surface area is 127 Å². The third-order valence-corrected chi connectivity index (χ3v) is 7.08. The van der Waals surface area contributed by atoms with Crippen LogP contribution in [0.3, 0.4) is 0 Å². The first-order valence-corrected chi connectivity index (χ1v) is 8.08. The van der Waals surface area contributed by atoms with Gasteiger partial charge in [-0.25, -0.2) is 4.79 Å². The minimum absolute atomic E-state index is 0.126. The number of aliphatic hydroxyl groups is 1. The normalized spacial score (nSPS) is 43.6. The zero-order valence-corrected chi connectivity index (χ0v) is 13.7. The molecule has 0 aromatic rings. The van der Waals surface area contributed by atoms with Crippen LogP contribution in [0.5, 0.6) is 0 Å². The van der Waals surface area contributed by atoms with Gasteiger partial charge < -0.3 is 14.6 Å². The van der Waals surface area contributed by atoms with Gasteiger partial charge in [0.25, 0.3) is 0 Å². The molecule has 2 aliphatic heterocycles. The van der Waals surface area contributed by atoms with E-state index in [4.69, 9.17) is 9.47 Å². The third kappa shape index (κ3) is 1.93. The molecule has 20 heavy (non-hydrogen) atoms. The fourth-order valence-corrected chi connectivity index (χ4v) is 4.66. The summed E-state index contributed by atoms with van der Waals surface area (Å²) in [7, 11) is 0. The molecule has 1 saturated carbocycles. The number of ether oxygens (including phenoxy) is 2.